The molecule has 6 heterocycles. The highest BCUT2D eigenvalue weighted by atomic mass is 32.1. The zero-order chi connectivity index (χ0) is 48.4. The summed E-state index contributed by atoms with van der Waals surface area (Å²) >= 11 is 1.75. The summed E-state index contributed by atoms with van der Waals surface area (Å²) in [6.07, 6.45) is 9.35. The second-order valence-electron chi connectivity index (χ2n) is 13.1. The molecule has 7 aromatic rings. The number of rotatable bonds is 3. The molecule has 0 unspecified atom stereocenters. The molecule has 0 radical (unpaired) electrons. The summed E-state index contributed by atoms with van der Waals surface area (Å²) in [6, 6.07) is 29.4. The van der Waals surface area contributed by atoms with Crippen molar-refractivity contribution < 1.29 is 0 Å². The van der Waals surface area contributed by atoms with Crippen LogP contribution in [-0.4, -0.2) is 51.3 Å². The van der Waals surface area contributed by atoms with Crippen LogP contribution in [0.1, 0.15) is 114 Å². The van der Waals surface area contributed by atoms with Crippen molar-refractivity contribution in [3.8, 4) is 11.3 Å². The second-order valence-corrected chi connectivity index (χ2v) is 14.0. The first-order chi connectivity index (χ1) is 31.3. The number of thiophene rings is 1. The molecule has 64 heavy (non-hydrogen) atoms. The van der Waals surface area contributed by atoms with E-state index in [-0.39, 0.29) is 12.3 Å². The van der Waals surface area contributed by atoms with E-state index in [9.17, 15) is 0 Å². The van der Waals surface area contributed by atoms with Crippen molar-refractivity contribution in [3.63, 3.8) is 0 Å². The van der Waals surface area contributed by atoms with Gasteiger partial charge in [-0.2, -0.15) is 0 Å². The fourth-order valence-electron chi connectivity index (χ4n) is 6.85. The molecule has 0 N–H and O–H groups in total. The minimum Gasteiger partial charge on any atom is -0.350 e. The van der Waals surface area contributed by atoms with Crippen LogP contribution in [0.5, 0.6) is 0 Å². The van der Waals surface area contributed by atoms with E-state index < -0.39 is 0 Å². The van der Waals surface area contributed by atoms with Gasteiger partial charge >= 0.3 is 0 Å². The lowest BCUT2D eigenvalue weighted by Gasteiger charge is -2.28. The Labute approximate surface area is 392 Å². The molecule has 9 rings (SSSR count). The van der Waals surface area contributed by atoms with Crippen LogP contribution < -0.4 is 19.6 Å². The van der Waals surface area contributed by atoms with E-state index in [0.717, 1.165) is 28.7 Å². The summed E-state index contributed by atoms with van der Waals surface area (Å²) < 4.78 is 1.27. The number of fused-ring (bicyclic) bond motifs is 3. The molecule has 0 saturated carbocycles. The van der Waals surface area contributed by atoms with Crippen molar-refractivity contribution in [1.82, 2.24) is 24.9 Å². The van der Waals surface area contributed by atoms with Gasteiger partial charge < -0.3 is 19.6 Å². The van der Waals surface area contributed by atoms with Gasteiger partial charge in [-0.15, -0.1) is 11.3 Å². The average Bonchev–Trinajstić information content (AvgIpc) is 4.03. The van der Waals surface area contributed by atoms with Gasteiger partial charge in [-0.25, -0.2) is 19.9 Å². The van der Waals surface area contributed by atoms with E-state index >= 15 is 0 Å². The van der Waals surface area contributed by atoms with Gasteiger partial charge in [-0.05, 0) is 86.3 Å². The Morgan fingerprint density at radius 3 is 1.48 bits per heavy atom. The van der Waals surface area contributed by atoms with Crippen LogP contribution in [0.4, 0.5) is 34.4 Å². The molecule has 2 aliphatic heterocycles. The molecule has 4 aromatic heterocycles. The van der Waals surface area contributed by atoms with Gasteiger partial charge in [-0.1, -0.05) is 144 Å². The van der Waals surface area contributed by atoms with Crippen LogP contribution in [0, 0.1) is 20.8 Å². The maximum atomic E-state index is 4.52. The van der Waals surface area contributed by atoms with Crippen molar-refractivity contribution in [1.29, 1.82) is 0 Å². The zero-order valence-corrected chi connectivity index (χ0v) is 43.5. The van der Waals surface area contributed by atoms with Crippen molar-refractivity contribution in [3.05, 3.63) is 138 Å². The largest absolute Gasteiger partial charge is 0.350 e. The van der Waals surface area contributed by atoms with Crippen LogP contribution in [-0.2, 0) is 0 Å². The molecule has 2 aliphatic rings. The summed E-state index contributed by atoms with van der Waals surface area (Å²) in [5.41, 5.74) is 10.7. The summed E-state index contributed by atoms with van der Waals surface area (Å²) in [5.74, 6) is 1.97. The Morgan fingerprint density at radius 2 is 0.938 bits per heavy atom. The first-order valence-corrected chi connectivity index (χ1v) is 24.3. The summed E-state index contributed by atoms with van der Waals surface area (Å²) in [7, 11) is 4.14. The average molecular weight is 886 g/mol. The second kappa shape index (κ2) is 30.3. The first kappa shape index (κ1) is 56.1. The van der Waals surface area contributed by atoms with Gasteiger partial charge in [0.25, 0.3) is 0 Å². The van der Waals surface area contributed by atoms with Gasteiger partial charge in [0, 0.05) is 37.2 Å². The molecule has 3 aromatic carbocycles. The van der Waals surface area contributed by atoms with E-state index in [4.69, 9.17) is 0 Å². The highest BCUT2D eigenvalue weighted by Crippen LogP contribution is 2.43. The van der Waals surface area contributed by atoms with Gasteiger partial charge in [-0.3, -0.25) is 4.98 Å². The molecule has 9 nitrogen and oxygen atoms in total. The number of nitrogens with zero attached hydrogens (tertiary/aromatic N) is 9. The Bertz CT molecular complexity index is 2220. The van der Waals surface area contributed by atoms with Crippen LogP contribution in [0.2, 0.25) is 0 Å². The first-order valence-electron chi connectivity index (χ1n) is 23.4. The third-order valence-corrected chi connectivity index (χ3v) is 10.9. The lowest BCUT2D eigenvalue weighted by molar-refractivity contribution is 0.728. The number of benzene rings is 3. The van der Waals surface area contributed by atoms with Gasteiger partial charge in [0.1, 0.15) is 36.4 Å². The molecule has 0 aliphatic carbocycles. The smallest absolute Gasteiger partial charge is 0.161 e. The number of pyridine rings is 1. The number of aryl methyl sites for hydroxylation is 3. The number of para-hydroxylation sites is 2. The predicted molar refractivity (Wildman–Crippen MR) is 284 cm³/mol. The maximum Gasteiger partial charge on any atom is 0.161 e. The molecule has 0 bridgehead atoms. The Kier molecular flexibility index (Phi) is 26.5. The Hall–Kier alpha value is -5.87. The van der Waals surface area contributed by atoms with Crippen molar-refractivity contribution >= 4 is 55.8 Å². The number of anilines is 6. The topological polar surface area (TPSA) is 77.4 Å². The van der Waals surface area contributed by atoms with Gasteiger partial charge in [0.05, 0.1) is 22.8 Å². The minimum atomic E-state index is 0.248. The van der Waals surface area contributed by atoms with Crippen LogP contribution in [0.15, 0.2) is 122 Å². The van der Waals surface area contributed by atoms with Crippen molar-refractivity contribution in [2.24, 2.45) is 0 Å². The van der Waals surface area contributed by atoms with Crippen molar-refractivity contribution in [2.45, 2.75) is 130 Å². The standard InChI is InChI=1S/2C14H16N4.C14H11NS.6C2H6/c1-10-6-4-5-7-12(10)18-11(2)17(3)14-13(18)8-15-9-16-14;1-10-6-4-5-7-12(10)18-11(2)17(3)13-8-15-9-16-14(13)18;1-10-4-2-3-5-12(10)13-14-11(6-8-15-13)7-9-16-14;6*1-2/h2*4-9,11H,1-3H3;2-9H,1H3;6*1-2H3/t2*11-;;;;;;;/m00......./s1. The molecule has 346 valence electrons. The molecule has 0 saturated heterocycles. The Balaban J connectivity index is 0.000000429. The molecule has 0 amide bonds. The maximum absolute atomic E-state index is 4.52. The highest BCUT2D eigenvalue weighted by molar-refractivity contribution is 7.17. The van der Waals surface area contributed by atoms with Crippen LogP contribution >= 0.6 is 11.3 Å². The lowest BCUT2D eigenvalue weighted by Crippen LogP contribution is -2.36. The third kappa shape index (κ3) is 13.3. The van der Waals surface area contributed by atoms with Crippen molar-refractivity contribution in [2.75, 3.05) is 33.7 Å². The molecular formula is C54H79N9S. The molecule has 0 fully saturated rings. The predicted octanol–water partition coefficient (Wildman–Crippen LogP) is 15.9. The Morgan fingerprint density at radius 1 is 0.469 bits per heavy atom. The summed E-state index contributed by atoms with van der Waals surface area (Å²) in [4.78, 5) is 30.5. The fourth-order valence-corrected chi connectivity index (χ4v) is 7.75. The molecule has 10 heteroatoms. The number of aromatic nitrogens is 5. The minimum absolute atomic E-state index is 0.248. The van der Waals surface area contributed by atoms with E-state index in [2.05, 4.69) is 184 Å². The third-order valence-electron chi connectivity index (χ3n) is 9.93. The molecule has 0 spiro atoms. The van der Waals surface area contributed by atoms with E-state index in [1.807, 2.05) is 102 Å². The van der Waals surface area contributed by atoms with Crippen LogP contribution in [0.25, 0.3) is 21.3 Å². The molecule has 2 atom stereocenters. The zero-order valence-electron chi connectivity index (χ0n) is 42.6. The van der Waals surface area contributed by atoms with Crippen LogP contribution in [0.3, 0.4) is 0 Å². The quantitative estimate of drug-likeness (QED) is 0.172. The summed E-state index contributed by atoms with van der Waals surface area (Å²) in [5, 5.41) is 3.40. The van der Waals surface area contributed by atoms with Gasteiger partial charge in [0.2, 0.25) is 0 Å². The fraction of sp³-hybridized carbons (Fsp3) is 0.389. The van der Waals surface area contributed by atoms with E-state index in [1.54, 1.807) is 24.0 Å². The number of hydrogen-bond donors (Lipinski definition) is 0. The van der Waals surface area contributed by atoms with E-state index in [0.29, 0.717) is 0 Å². The SMILES string of the molecule is CC.CC.CC.CC.CC.CC.Cc1ccccc1-c1nccc2ccsc12.Cc1ccccc1N1c2cncnc2N(C)[C@@H]1C.Cc1ccccc1N1c2ncncc2N(C)[C@@H]1C. The monoisotopic (exact) mass is 886 g/mol. The summed E-state index contributed by atoms with van der Waals surface area (Å²) in [6.45, 7) is 34.7. The number of hydrogen-bond acceptors (Lipinski definition) is 10. The normalized spacial score (nSPS) is 13.4. The van der Waals surface area contributed by atoms with Gasteiger partial charge in [0.15, 0.2) is 11.6 Å². The molecular weight excluding hydrogens is 807 g/mol. The highest BCUT2D eigenvalue weighted by Gasteiger charge is 2.34. The van der Waals surface area contributed by atoms with E-state index in [1.165, 1.54) is 43.7 Å². The lowest BCUT2D eigenvalue weighted by atomic mass is 10.0.